The third-order valence-corrected chi connectivity index (χ3v) is 6.85. The number of aromatic nitrogens is 1. The highest BCUT2D eigenvalue weighted by molar-refractivity contribution is 5.92. The minimum Gasteiger partial charge on any atom is -0.447 e. The van der Waals surface area contributed by atoms with E-state index in [0.29, 0.717) is 37.8 Å². The largest absolute Gasteiger partial charge is 0.447 e. The van der Waals surface area contributed by atoms with Gasteiger partial charge in [-0.05, 0) is 11.6 Å². The fourth-order valence-corrected chi connectivity index (χ4v) is 4.76. The molecular weight excluding hydrogens is 445 g/mol. The minimum absolute atomic E-state index is 0.0610. The van der Waals surface area contributed by atoms with E-state index < -0.39 is 0 Å². The highest BCUT2D eigenvalue weighted by Crippen LogP contribution is 2.15. The minimum atomic E-state index is -0.149. The van der Waals surface area contributed by atoms with E-state index in [-0.39, 0.29) is 11.7 Å². The predicted molar refractivity (Wildman–Crippen MR) is 131 cm³/mol. The van der Waals surface area contributed by atoms with Crippen LogP contribution in [-0.4, -0.2) is 82.8 Å². The zero-order valence-corrected chi connectivity index (χ0v) is 20.0. The number of hydrogen-bond acceptors (Lipinski definition) is 6. The molecule has 3 heterocycles. The van der Waals surface area contributed by atoms with E-state index in [0.717, 1.165) is 51.4 Å². The molecule has 1 amide bonds. The molecule has 0 spiro atoms. The number of nitrogens with zero attached hydrogens (tertiary/aromatic N) is 5. The first-order chi connectivity index (χ1) is 17.1. The lowest BCUT2D eigenvalue weighted by Crippen LogP contribution is -2.48. The van der Waals surface area contributed by atoms with Crippen molar-refractivity contribution in [1.82, 2.24) is 24.6 Å². The van der Waals surface area contributed by atoms with Crippen molar-refractivity contribution >= 4 is 5.91 Å². The predicted octanol–water partition coefficient (Wildman–Crippen LogP) is 3.09. The van der Waals surface area contributed by atoms with Gasteiger partial charge in [0.2, 0.25) is 5.89 Å². The van der Waals surface area contributed by atoms with Crippen LogP contribution in [0.25, 0.3) is 0 Å². The van der Waals surface area contributed by atoms with E-state index in [2.05, 4.69) is 43.9 Å². The van der Waals surface area contributed by atoms with Gasteiger partial charge in [-0.3, -0.25) is 19.5 Å². The van der Waals surface area contributed by atoms with Crippen molar-refractivity contribution in [3.63, 3.8) is 0 Å². The average molecular weight is 478 g/mol. The van der Waals surface area contributed by atoms with Crippen molar-refractivity contribution in [2.45, 2.75) is 19.6 Å². The molecular formula is C27H32FN5O2. The smallest absolute Gasteiger partial charge is 0.275 e. The Morgan fingerprint density at radius 3 is 2.09 bits per heavy atom. The van der Waals surface area contributed by atoms with Gasteiger partial charge in [0.25, 0.3) is 5.91 Å². The van der Waals surface area contributed by atoms with Crippen LogP contribution >= 0.6 is 0 Å². The monoisotopic (exact) mass is 477 g/mol. The summed E-state index contributed by atoms with van der Waals surface area (Å²) in [6.45, 7) is 8.60. The van der Waals surface area contributed by atoms with Crippen LogP contribution < -0.4 is 0 Å². The van der Waals surface area contributed by atoms with Crippen molar-refractivity contribution in [1.29, 1.82) is 0 Å². The van der Waals surface area contributed by atoms with Crippen LogP contribution in [0.3, 0.4) is 0 Å². The van der Waals surface area contributed by atoms with Crippen LogP contribution in [0.2, 0.25) is 0 Å². The van der Waals surface area contributed by atoms with Crippen molar-refractivity contribution in [2.75, 3.05) is 52.4 Å². The van der Waals surface area contributed by atoms with Gasteiger partial charge in [-0.25, -0.2) is 9.37 Å². The van der Waals surface area contributed by atoms with E-state index in [1.165, 1.54) is 17.9 Å². The molecule has 0 radical (unpaired) electrons. The number of hydrogen-bond donors (Lipinski definition) is 0. The second-order valence-electron chi connectivity index (χ2n) is 9.32. The van der Waals surface area contributed by atoms with Crippen LogP contribution in [0.1, 0.15) is 27.5 Å². The van der Waals surface area contributed by atoms with Gasteiger partial charge >= 0.3 is 0 Å². The van der Waals surface area contributed by atoms with E-state index in [1.807, 2.05) is 23.1 Å². The normalized spacial score (nSPS) is 18.1. The second kappa shape index (κ2) is 11.1. The molecule has 5 rings (SSSR count). The van der Waals surface area contributed by atoms with Crippen LogP contribution in [0, 0.1) is 5.82 Å². The Kier molecular flexibility index (Phi) is 7.51. The average Bonchev–Trinajstić information content (AvgIpc) is 3.36. The summed E-state index contributed by atoms with van der Waals surface area (Å²) in [6, 6.07) is 17.4. The Morgan fingerprint density at radius 1 is 0.771 bits per heavy atom. The molecule has 0 unspecified atom stereocenters. The maximum atomic E-state index is 13.9. The molecule has 7 nitrogen and oxygen atoms in total. The summed E-state index contributed by atoms with van der Waals surface area (Å²) in [5, 5.41) is 0. The van der Waals surface area contributed by atoms with Gasteiger partial charge in [0, 0.05) is 71.0 Å². The van der Waals surface area contributed by atoms with Gasteiger partial charge in [0.1, 0.15) is 12.1 Å². The number of carbonyl (C=O) groups excluding carboxylic acids is 1. The molecule has 35 heavy (non-hydrogen) atoms. The Balaban J connectivity index is 1.07. The Hall–Kier alpha value is -3.07. The lowest BCUT2D eigenvalue weighted by atomic mass is 10.2. The topological polar surface area (TPSA) is 56.1 Å². The third-order valence-electron chi connectivity index (χ3n) is 6.85. The summed E-state index contributed by atoms with van der Waals surface area (Å²) in [5.74, 6) is 0.359. The Bertz CT molecular complexity index is 1110. The number of benzene rings is 2. The summed E-state index contributed by atoms with van der Waals surface area (Å²) in [6.07, 6.45) is 1.49. The number of amides is 1. The Labute approximate surface area is 205 Å². The van der Waals surface area contributed by atoms with Crippen molar-refractivity contribution in [2.24, 2.45) is 0 Å². The fraction of sp³-hybridized carbons (Fsp3) is 0.407. The molecule has 0 N–H and O–H groups in total. The first kappa shape index (κ1) is 23.7. The van der Waals surface area contributed by atoms with Crippen LogP contribution in [0.5, 0.6) is 0 Å². The molecule has 2 fully saturated rings. The molecule has 0 atom stereocenters. The lowest BCUT2D eigenvalue weighted by Gasteiger charge is -2.34. The number of oxazole rings is 1. The summed E-state index contributed by atoms with van der Waals surface area (Å²) in [5.41, 5.74) is 2.41. The number of halogens is 1. The number of rotatable bonds is 7. The van der Waals surface area contributed by atoms with Gasteiger partial charge in [-0.15, -0.1) is 0 Å². The molecule has 2 aliphatic heterocycles. The quantitative estimate of drug-likeness (QED) is 0.521. The number of carbonyl (C=O) groups is 1. The molecule has 1 aromatic heterocycles. The van der Waals surface area contributed by atoms with Crippen LogP contribution in [0.15, 0.2) is 65.3 Å². The molecule has 2 aliphatic rings. The standard InChI is InChI=1S/C27H32FN5O2/c28-24-9-5-4-8-23(24)19-31-10-12-32(13-11-31)20-26-29-25(21-35-26)27(34)33-16-14-30(15-17-33)18-22-6-2-1-3-7-22/h1-9,21H,10-20H2. The molecule has 3 aromatic rings. The fourth-order valence-electron chi connectivity index (χ4n) is 4.76. The molecule has 8 heteroatoms. The second-order valence-corrected chi connectivity index (χ2v) is 9.32. The molecule has 0 bridgehead atoms. The highest BCUT2D eigenvalue weighted by atomic mass is 19.1. The van der Waals surface area contributed by atoms with Crippen LogP contribution in [0.4, 0.5) is 4.39 Å². The van der Waals surface area contributed by atoms with Crippen molar-refractivity contribution in [3.8, 4) is 0 Å². The summed E-state index contributed by atoms with van der Waals surface area (Å²) in [7, 11) is 0. The summed E-state index contributed by atoms with van der Waals surface area (Å²) in [4.78, 5) is 26.2. The van der Waals surface area contributed by atoms with Crippen LogP contribution in [-0.2, 0) is 19.6 Å². The lowest BCUT2D eigenvalue weighted by molar-refractivity contribution is 0.0622. The molecule has 2 saturated heterocycles. The van der Waals surface area contributed by atoms with Gasteiger partial charge in [-0.2, -0.15) is 0 Å². The van der Waals surface area contributed by atoms with Gasteiger partial charge < -0.3 is 9.32 Å². The molecule has 0 saturated carbocycles. The van der Waals surface area contributed by atoms with E-state index in [4.69, 9.17) is 4.42 Å². The van der Waals surface area contributed by atoms with Gasteiger partial charge in [-0.1, -0.05) is 48.5 Å². The Morgan fingerprint density at radius 2 is 1.37 bits per heavy atom. The van der Waals surface area contributed by atoms with Crippen molar-refractivity contribution in [3.05, 3.63) is 89.4 Å². The van der Waals surface area contributed by atoms with Crippen molar-refractivity contribution < 1.29 is 13.6 Å². The van der Waals surface area contributed by atoms with E-state index in [1.54, 1.807) is 6.07 Å². The molecule has 0 aliphatic carbocycles. The van der Waals surface area contributed by atoms with E-state index in [9.17, 15) is 9.18 Å². The maximum absolute atomic E-state index is 13.9. The highest BCUT2D eigenvalue weighted by Gasteiger charge is 2.25. The zero-order valence-electron chi connectivity index (χ0n) is 20.0. The molecule has 2 aromatic carbocycles. The third kappa shape index (κ3) is 6.14. The van der Waals surface area contributed by atoms with E-state index >= 15 is 0 Å². The van der Waals surface area contributed by atoms with Gasteiger partial charge in [0.15, 0.2) is 5.69 Å². The number of piperazine rings is 2. The first-order valence-electron chi connectivity index (χ1n) is 12.3. The maximum Gasteiger partial charge on any atom is 0.275 e. The first-order valence-corrected chi connectivity index (χ1v) is 12.3. The zero-order chi connectivity index (χ0) is 24.0. The molecule has 184 valence electrons. The summed E-state index contributed by atoms with van der Waals surface area (Å²) < 4.78 is 19.6. The van der Waals surface area contributed by atoms with Gasteiger partial charge in [0.05, 0.1) is 6.54 Å². The summed E-state index contributed by atoms with van der Waals surface area (Å²) >= 11 is 0. The SMILES string of the molecule is O=C(c1coc(CN2CCN(Cc3ccccc3F)CC2)n1)N1CCN(Cc2ccccc2)CC1.